The second kappa shape index (κ2) is 6.11. The highest BCUT2D eigenvalue weighted by atomic mass is 32.2. The normalized spacial score (nSPS) is 11.3. The van der Waals surface area contributed by atoms with Crippen molar-refractivity contribution in [3.63, 3.8) is 0 Å². The minimum absolute atomic E-state index is 0.0964. The summed E-state index contributed by atoms with van der Waals surface area (Å²) in [5.74, 6) is -0.281. The molecule has 0 radical (unpaired) electrons. The minimum Gasteiger partial charge on any atom is -0.396 e. The topological polar surface area (TPSA) is 98.2 Å². The Labute approximate surface area is 122 Å². The summed E-state index contributed by atoms with van der Waals surface area (Å²) in [4.78, 5) is -0.103. The molecule has 0 amide bonds. The van der Waals surface area contributed by atoms with Gasteiger partial charge in [-0.05, 0) is 36.2 Å². The van der Waals surface area contributed by atoms with Gasteiger partial charge in [0.15, 0.2) is 0 Å². The highest BCUT2D eigenvalue weighted by molar-refractivity contribution is 7.89. The van der Waals surface area contributed by atoms with Crippen LogP contribution in [0.15, 0.2) is 47.4 Å². The van der Waals surface area contributed by atoms with Gasteiger partial charge in [0.25, 0.3) is 0 Å². The SMILES string of the molecule is Nc1c(NCCc2ccc(F)cc2)cccc1S(N)(=O)=O. The van der Waals surface area contributed by atoms with Crippen LogP contribution in [0.4, 0.5) is 15.8 Å². The van der Waals surface area contributed by atoms with Gasteiger partial charge >= 0.3 is 0 Å². The molecule has 0 heterocycles. The molecule has 7 heteroatoms. The average Bonchev–Trinajstić information content (AvgIpc) is 2.41. The summed E-state index contributed by atoms with van der Waals surface area (Å²) in [6, 6.07) is 10.8. The number of benzene rings is 2. The molecule has 5 nitrogen and oxygen atoms in total. The molecule has 0 spiro atoms. The molecule has 0 aliphatic rings. The van der Waals surface area contributed by atoms with Crippen LogP contribution in [-0.4, -0.2) is 15.0 Å². The monoisotopic (exact) mass is 309 g/mol. The van der Waals surface area contributed by atoms with Crippen LogP contribution in [0.3, 0.4) is 0 Å². The fraction of sp³-hybridized carbons (Fsp3) is 0.143. The van der Waals surface area contributed by atoms with Crippen LogP contribution in [0.5, 0.6) is 0 Å². The maximum absolute atomic E-state index is 12.8. The molecule has 0 saturated heterocycles. The van der Waals surface area contributed by atoms with Crippen molar-refractivity contribution in [1.29, 1.82) is 0 Å². The number of nitrogens with one attached hydrogen (secondary N) is 1. The molecule has 0 bridgehead atoms. The Morgan fingerprint density at radius 1 is 1.10 bits per heavy atom. The lowest BCUT2D eigenvalue weighted by Crippen LogP contribution is -2.16. The molecule has 2 aromatic carbocycles. The molecule has 112 valence electrons. The first-order chi connectivity index (χ1) is 9.88. The van der Waals surface area contributed by atoms with Crippen molar-refractivity contribution in [2.24, 2.45) is 5.14 Å². The van der Waals surface area contributed by atoms with Crippen molar-refractivity contribution in [2.75, 3.05) is 17.6 Å². The Kier molecular flexibility index (Phi) is 4.44. The number of hydrogen-bond donors (Lipinski definition) is 3. The van der Waals surface area contributed by atoms with Gasteiger partial charge < -0.3 is 11.1 Å². The first kappa shape index (κ1) is 15.3. The van der Waals surface area contributed by atoms with Crippen LogP contribution >= 0.6 is 0 Å². The zero-order valence-electron chi connectivity index (χ0n) is 11.2. The second-order valence-electron chi connectivity index (χ2n) is 4.57. The number of primary sulfonamides is 1. The number of nitrogen functional groups attached to an aromatic ring is 1. The number of anilines is 2. The van der Waals surface area contributed by atoms with Crippen LogP contribution in [0.25, 0.3) is 0 Å². The van der Waals surface area contributed by atoms with E-state index in [1.807, 2.05) is 0 Å². The van der Waals surface area contributed by atoms with Crippen molar-refractivity contribution in [1.82, 2.24) is 0 Å². The Morgan fingerprint density at radius 3 is 2.38 bits per heavy atom. The summed E-state index contributed by atoms with van der Waals surface area (Å²) in [6.07, 6.45) is 0.652. The maximum Gasteiger partial charge on any atom is 0.240 e. The molecule has 2 aromatic rings. The van der Waals surface area contributed by atoms with Gasteiger partial charge in [-0.3, -0.25) is 0 Å². The molecule has 0 aliphatic heterocycles. The molecule has 0 unspecified atom stereocenters. The Morgan fingerprint density at radius 2 is 1.76 bits per heavy atom. The van der Waals surface area contributed by atoms with E-state index in [-0.39, 0.29) is 16.4 Å². The summed E-state index contributed by atoms with van der Waals surface area (Å²) >= 11 is 0. The minimum atomic E-state index is -3.84. The van der Waals surface area contributed by atoms with Crippen molar-refractivity contribution >= 4 is 21.4 Å². The zero-order chi connectivity index (χ0) is 15.5. The first-order valence-corrected chi connectivity index (χ1v) is 7.82. The molecule has 0 aliphatic carbocycles. The van der Waals surface area contributed by atoms with E-state index in [9.17, 15) is 12.8 Å². The van der Waals surface area contributed by atoms with Crippen molar-refractivity contribution < 1.29 is 12.8 Å². The predicted molar refractivity (Wildman–Crippen MR) is 80.8 cm³/mol. The largest absolute Gasteiger partial charge is 0.396 e. The third-order valence-electron chi connectivity index (χ3n) is 3.02. The Hall–Kier alpha value is -2.12. The molecule has 0 saturated carbocycles. The van der Waals surface area contributed by atoms with Gasteiger partial charge in [-0.25, -0.2) is 17.9 Å². The lowest BCUT2D eigenvalue weighted by molar-refractivity contribution is 0.598. The van der Waals surface area contributed by atoms with Gasteiger partial charge in [-0.15, -0.1) is 0 Å². The molecule has 0 aromatic heterocycles. The van der Waals surface area contributed by atoms with Gasteiger partial charge in [-0.2, -0.15) is 0 Å². The maximum atomic E-state index is 12.8. The quantitative estimate of drug-likeness (QED) is 0.732. The molecule has 5 N–H and O–H groups in total. The van der Waals surface area contributed by atoms with Crippen LogP contribution in [-0.2, 0) is 16.4 Å². The van der Waals surface area contributed by atoms with Gasteiger partial charge in [0.1, 0.15) is 10.7 Å². The Balaban J connectivity index is 2.05. The number of hydrogen-bond acceptors (Lipinski definition) is 4. The fourth-order valence-electron chi connectivity index (χ4n) is 1.94. The van der Waals surface area contributed by atoms with E-state index in [0.717, 1.165) is 5.56 Å². The van der Waals surface area contributed by atoms with Crippen LogP contribution < -0.4 is 16.2 Å². The highest BCUT2D eigenvalue weighted by Crippen LogP contribution is 2.25. The molecule has 2 rings (SSSR count). The number of para-hydroxylation sites is 1. The predicted octanol–water partition coefficient (Wildman–Crippen LogP) is 1.71. The summed E-state index contributed by atoms with van der Waals surface area (Å²) in [5.41, 5.74) is 7.36. The molecule has 0 fully saturated rings. The van der Waals surface area contributed by atoms with Gasteiger partial charge in [-0.1, -0.05) is 18.2 Å². The van der Waals surface area contributed by atoms with E-state index < -0.39 is 10.0 Å². The molecule has 0 atom stereocenters. The third-order valence-corrected chi connectivity index (χ3v) is 3.98. The standard InChI is InChI=1S/C14H16FN3O2S/c15-11-6-4-10(5-7-11)8-9-18-12-2-1-3-13(14(12)16)21(17,19)20/h1-7,18H,8-9,16H2,(H2,17,19,20). The first-order valence-electron chi connectivity index (χ1n) is 6.27. The number of sulfonamides is 1. The molecule has 21 heavy (non-hydrogen) atoms. The molecular weight excluding hydrogens is 293 g/mol. The van der Waals surface area contributed by atoms with E-state index in [1.165, 1.54) is 18.2 Å². The lowest BCUT2D eigenvalue weighted by atomic mass is 10.1. The van der Waals surface area contributed by atoms with E-state index in [1.54, 1.807) is 24.3 Å². The zero-order valence-corrected chi connectivity index (χ0v) is 12.0. The van der Waals surface area contributed by atoms with Gasteiger partial charge in [0.2, 0.25) is 10.0 Å². The number of nitrogens with two attached hydrogens (primary N) is 2. The third kappa shape index (κ3) is 3.93. The summed E-state index contributed by atoms with van der Waals surface area (Å²) < 4.78 is 35.5. The Bertz CT molecular complexity index is 730. The summed E-state index contributed by atoms with van der Waals surface area (Å²) in [7, 11) is -3.84. The average molecular weight is 309 g/mol. The van der Waals surface area contributed by atoms with Crippen molar-refractivity contribution in [3.8, 4) is 0 Å². The lowest BCUT2D eigenvalue weighted by Gasteiger charge is -2.12. The van der Waals surface area contributed by atoms with Gasteiger partial charge in [0, 0.05) is 6.54 Å². The van der Waals surface area contributed by atoms with Gasteiger partial charge in [0.05, 0.1) is 11.4 Å². The molecular formula is C14H16FN3O2S. The highest BCUT2D eigenvalue weighted by Gasteiger charge is 2.14. The number of halogens is 1. The van der Waals surface area contributed by atoms with E-state index in [2.05, 4.69) is 5.32 Å². The van der Waals surface area contributed by atoms with Crippen molar-refractivity contribution in [3.05, 3.63) is 53.8 Å². The smallest absolute Gasteiger partial charge is 0.240 e. The van der Waals surface area contributed by atoms with Crippen LogP contribution in [0.1, 0.15) is 5.56 Å². The fourth-order valence-corrected chi connectivity index (χ4v) is 2.62. The van der Waals surface area contributed by atoms with Crippen molar-refractivity contribution in [2.45, 2.75) is 11.3 Å². The van der Waals surface area contributed by atoms with E-state index in [0.29, 0.717) is 18.7 Å². The summed E-state index contributed by atoms with van der Waals surface area (Å²) in [6.45, 7) is 0.532. The summed E-state index contributed by atoms with van der Waals surface area (Å²) in [5, 5.41) is 8.14. The van der Waals surface area contributed by atoms with E-state index >= 15 is 0 Å². The van der Waals surface area contributed by atoms with Crippen LogP contribution in [0, 0.1) is 5.82 Å². The van der Waals surface area contributed by atoms with Crippen LogP contribution in [0.2, 0.25) is 0 Å². The second-order valence-corrected chi connectivity index (χ2v) is 6.10. The van der Waals surface area contributed by atoms with E-state index in [4.69, 9.17) is 10.9 Å². The number of rotatable bonds is 5.